The molecule has 1 atom stereocenters. The summed E-state index contributed by atoms with van der Waals surface area (Å²) in [5.74, 6) is 2.56. The van der Waals surface area contributed by atoms with Gasteiger partial charge in [0.1, 0.15) is 0 Å². The van der Waals surface area contributed by atoms with Gasteiger partial charge >= 0.3 is 0 Å². The van der Waals surface area contributed by atoms with Gasteiger partial charge in [-0.3, -0.25) is 0 Å². The molecule has 3 aliphatic heterocycles. The van der Waals surface area contributed by atoms with Gasteiger partial charge in [-0.15, -0.1) is 0 Å². The average molecular weight is 354 g/mol. The van der Waals surface area contributed by atoms with Gasteiger partial charge in [0.2, 0.25) is 0 Å². The van der Waals surface area contributed by atoms with E-state index in [1.165, 1.54) is 84.2 Å². The normalized spacial score (nSPS) is 31.7. The molecule has 0 spiro atoms. The van der Waals surface area contributed by atoms with Crippen molar-refractivity contribution in [3.8, 4) is 0 Å². The largest absolute Gasteiger partial charge is 0.316 e. The van der Waals surface area contributed by atoms with Crippen LogP contribution in [0.15, 0.2) is 24.3 Å². The summed E-state index contributed by atoms with van der Waals surface area (Å²) in [6, 6.07) is 9.40. The number of likely N-dealkylation sites (tertiary alicyclic amines) is 1. The molecule has 0 amide bonds. The van der Waals surface area contributed by atoms with Gasteiger partial charge in [0.25, 0.3) is 0 Å². The van der Waals surface area contributed by atoms with Crippen LogP contribution in [-0.4, -0.2) is 44.2 Å². The Bertz CT molecular complexity index is 612. The number of benzene rings is 1. The van der Waals surface area contributed by atoms with Crippen LogP contribution in [0.5, 0.6) is 0 Å². The molecule has 1 aromatic rings. The van der Waals surface area contributed by atoms with Crippen LogP contribution in [0.25, 0.3) is 0 Å². The van der Waals surface area contributed by atoms with E-state index in [-0.39, 0.29) is 5.54 Å². The molecule has 1 unspecified atom stereocenters. The van der Waals surface area contributed by atoms with Crippen LogP contribution in [0.1, 0.15) is 49.7 Å². The summed E-state index contributed by atoms with van der Waals surface area (Å²) in [5.41, 5.74) is 3.55. The Morgan fingerprint density at radius 2 is 1.69 bits per heavy atom. The Hall–Kier alpha value is -0.900. The lowest BCUT2D eigenvalue weighted by molar-refractivity contribution is 0.0477. The predicted octanol–water partition coefficient (Wildman–Crippen LogP) is 3.15. The number of nitrogens with one attached hydrogen (secondary N) is 2. The molecule has 1 saturated carbocycles. The fraction of sp³-hybridized carbons (Fsp3) is 0.739. The van der Waals surface area contributed by atoms with E-state index in [1.807, 2.05) is 0 Å². The summed E-state index contributed by atoms with van der Waals surface area (Å²) in [6.45, 7) is 7.57. The summed E-state index contributed by atoms with van der Waals surface area (Å²) in [6.07, 6.45) is 9.67. The SMILES string of the molecule is c1ccc2c(c1)CCNC2(C1CCCC1)C1CCN(CC2CNC2)CC1. The van der Waals surface area contributed by atoms with Crippen molar-refractivity contribution < 1.29 is 0 Å². The summed E-state index contributed by atoms with van der Waals surface area (Å²) < 4.78 is 0. The maximum absolute atomic E-state index is 4.15. The standard InChI is InChI=1S/C23H35N3/c1-4-8-22-19(5-1)9-12-25-23(22,20-6-2-3-7-20)21-10-13-26(14-11-21)17-18-15-24-16-18/h1,4-5,8,18,20-21,24-25H,2-3,6-7,9-17H2. The molecule has 3 heterocycles. The van der Waals surface area contributed by atoms with Gasteiger partial charge in [0.05, 0.1) is 0 Å². The third-order valence-corrected chi connectivity index (χ3v) is 7.89. The van der Waals surface area contributed by atoms with Crippen molar-refractivity contribution in [1.82, 2.24) is 15.5 Å². The Kier molecular flexibility index (Phi) is 4.80. The highest BCUT2D eigenvalue weighted by molar-refractivity contribution is 5.38. The van der Waals surface area contributed by atoms with Crippen molar-refractivity contribution in [2.45, 2.75) is 50.5 Å². The van der Waals surface area contributed by atoms with Crippen molar-refractivity contribution in [2.75, 3.05) is 39.3 Å². The first-order chi connectivity index (χ1) is 12.9. The fourth-order valence-electron chi connectivity index (χ4n) is 6.50. The van der Waals surface area contributed by atoms with Crippen LogP contribution < -0.4 is 10.6 Å². The van der Waals surface area contributed by atoms with Gasteiger partial charge in [-0.2, -0.15) is 0 Å². The van der Waals surface area contributed by atoms with Gasteiger partial charge in [-0.25, -0.2) is 0 Å². The third kappa shape index (κ3) is 2.93. The zero-order valence-electron chi connectivity index (χ0n) is 16.2. The van der Waals surface area contributed by atoms with Gasteiger partial charge < -0.3 is 15.5 Å². The smallest absolute Gasteiger partial charge is 0.0495 e. The molecular weight excluding hydrogens is 318 g/mol. The molecule has 3 nitrogen and oxygen atoms in total. The first-order valence-corrected chi connectivity index (χ1v) is 11.1. The molecule has 3 fully saturated rings. The van der Waals surface area contributed by atoms with Gasteiger partial charge in [0, 0.05) is 31.7 Å². The number of hydrogen-bond donors (Lipinski definition) is 2. The molecule has 26 heavy (non-hydrogen) atoms. The van der Waals surface area contributed by atoms with Crippen molar-refractivity contribution in [3.05, 3.63) is 35.4 Å². The molecule has 3 heteroatoms. The molecule has 142 valence electrons. The lowest BCUT2D eigenvalue weighted by Gasteiger charge is -2.52. The molecule has 2 saturated heterocycles. The minimum absolute atomic E-state index is 0.259. The number of nitrogens with zero attached hydrogens (tertiary/aromatic N) is 1. The first kappa shape index (κ1) is 17.2. The molecule has 0 radical (unpaired) electrons. The molecule has 2 N–H and O–H groups in total. The van der Waals surface area contributed by atoms with E-state index in [9.17, 15) is 0 Å². The Balaban J connectivity index is 1.39. The fourth-order valence-corrected chi connectivity index (χ4v) is 6.50. The highest BCUT2D eigenvalue weighted by atomic mass is 15.2. The van der Waals surface area contributed by atoms with Crippen LogP contribution in [0.2, 0.25) is 0 Å². The van der Waals surface area contributed by atoms with Crippen molar-refractivity contribution >= 4 is 0 Å². The van der Waals surface area contributed by atoms with E-state index in [0.717, 1.165) is 17.8 Å². The molecule has 1 aromatic carbocycles. The molecule has 0 aromatic heterocycles. The average Bonchev–Trinajstić information content (AvgIpc) is 3.20. The second kappa shape index (κ2) is 7.26. The van der Waals surface area contributed by atoms with E-state index in [1.54, 1.807) is 11.1 Å². The number of piperidine rings is 1. The molecule has 1 aliphatic carbocycles. The molecule has 5 rings (SSSR count). The molecule has 0 bridgehead atoms. The van der Waals surface area contributed by atoms with Crippen LogP contribution >= 0.6 is 0 Å². The van der Waals surface area contributed by atoms with E-state index < -0.39 is 0 Å². The Morgan fingerprint density at radius 1 is 0.962 bits per heavy atom. The van der Waals surface area contributed by atoms with E-state index in [4.69, 9.17) is 0 Å². The predicted molar refractivity (Wildman–Crippen MR) is 107 cm³/mol. The minimum Gasteiger partial charge on any atom is -0.316 e. The lowest BCUT2D eigenvalue weighted by atomic mass is 9.63. The lowest BCUT2D eigenvalue weighted by Crippen LogP contribution is -2.59. The maximum Gasteiger partial charge on any atom is 0.0495 e. The summed E-state index contributed by atoms with van der Waals surface area (Å²) in [7, 11) is 0. The Morgan fingerprint density at radius 3 is 2.42 bits per heavy atom. The van der Waals surface area contributed by atoms with Crippen LogP contribution in [0, 0.1) is 17.8 Å². The number of hydrogen-bond acceptors (Lipinski definition) is 3. The topological polar surface area (TPSA) is 27.3 Å². The monoisotopic (exact) mass is 353 g/mol. The van der Waals surface area contributed by atoms with Gasteiger partial charge in [-0.1, -0.05) is 37.1 Å². The maximum atomic E-state index is 4.15. The van der Waals surface area contributed by atoms with Crippen LogP contribution in [0.4, 0.5) is 0 Å². The van der Waals surface area contributed by atoms with Crippen LogP contribution in [0.3, 0.4) is 0 Å². The minimum atomic E-state index is 0.259. The van der Waals surface area contributed by atoms with Gasteiger partial charge in [0.15, 0.2) is 0 Å². The second-order valence-corrected chi connectivity index (χ2v) is 9.28. The van der Waals surface area contributed by atoms with Gasteiger partial charge in [-0.05, 0) is 74.1 Å². The highest BCUT2D eigenvalue weighted by Gasteiger charge is 2.49. The molecular formula is C23H35N3. The highest BCUT2D eigenvalue weighted by Crippen LogP contribution is 2.50. The summed E-state index contributed by atoms with van der Waals surface area (Å²) in [5, 5.41) is 7.58. The van der Waals surface area contributed by atoms with Crippen molar-refractivity contribution in [1.29, 1.82) is 0 Å². The van der Waals surface area contributed by atoms with E-state index >= 15 is 0 Å². The van der Waals surface area contributed by atoms with E-state index in [2.05, 4.69) is 39.8 Å². The zero-order chi connectivity index (χ0) is 17.4. The van der Waals surface area contributed by atoms with Crippen LogP contribution in [-0.2, 0) is 12.0 Å². The van der Waals surface area contributed by atoms with Crippen molar-refractivity contribution in [2.24, 2.45) is 17.8 Å². The summed E-state index contributed by atoms with van der Waals surface area (Å²) >= 11 is 0. The van der Waals surface area contributed by atoms with Crippen molar-refractivity contribution in [3.63, 3.8) is 0 Å². The second-order valence-electron chi connectivity index (χ2n) is 9.28. The third-order valence-electron chi connectivity index (χ3n) is 7.89. The first-order valence-electron chi connectivity index (χ1n) is 11.1. The van der Waals surface area contributed by atoms with E-state index in [0.29, 0.717) is 0 Å². The summed E-state index contributed by atoms with van der Waals surface area (Å²) in [4.78, 5) is 2.75. The Labute approximate surface area is 158 Å². The number of rotatable bonds is 4. The molecule has 4 aliphatic rings. The number of fused-ring (bicyclic) bond motifs is 1. The zero-order valence-corrected chi connectivity index (χ0v) is 16.2. The quantitative estimate of drug-likeness (QED) is 0.871.